The Bertz CT molecular complexity index is 1220. The van der Waals surface area contributed by atoms with Crippen molar-refractivity contribution >= 4 is 103 Å². The van der Waals surface area contributed by atoms with Crippen LogP contribution in [0.1, 0.15) is 46.9 Å². The van der Waals surface area contributed by atoms with Gasteiger partial charge in [0.2, 0.25) is 5.91 Å². The van der Waals surface area contributed by atoms with Gasteiger partial charge in [0.15, 0.2) is 5.96 Å². The van der Waals surface area contributed by atoms with Crippen LogP contribution in [0.5, 0.6) is 0 Å². The molecule has 18 heteroatoms. The highest BCUT2D eigenvalue weighted by atomic mass is 127. The number of benzene rings is 1. The van der Waals surface area contributed by atoms with Gasteiger partial charge < -0.3 is 52.3 Å². The average molecular weight is 943 g/mol. The Hall–Kier alpha value is -1.60. The van der Waals surface area contributed by atoms with Gasteiger partial charge in [-0.05, 0) is 94.0 Å². The van der Waals surface area contributed by atoms with Crippen LogP contribution in [0.25, 0.3) is 0 Å². The van der Waals surface area contributed by atoms with E-state index in [0.717, 1.165) is 0 Å². The number of guanidine groups is 1. The molecule has 1 aromatic rings. The zero-order valence-electron chi connectivity index (χ0n) is 23.4. The molecule has 15 nitrogen and oxygen atoms in total. The van der Waals surface area contributed by atoms with Crippen LogP contribution >= 0.6 is 67.8 Å². The van der Waals surface area contributed by atoms with Crippen LogP contribution < -0.4 is 22.1 Å². The molecule has 4 amide bonds. The minimum absolute atomic E-state index is 0.00212. The first kappa shape index (κ1) is 37.6. The summed E-state index contributed by atoms with van der Waals surface area (Å²) in [5.74, 6) is -2.60. The zero-order valence-corrected chi connectivity index (χ0v) is 29.8. The van der Waals surface area contributed by atoms with E-state index < -0.39 is 41.9 Å². The monoisotopic (exact) mass is 943 g/mol. The molecule has 0 aliphatic carbocycles. The molecule has 1 aliphatic rings. The zero-order chi connectivity index (χ0) is 32.4. The maximum absolute atomic E-state index is 13.9. The number of rotatable bonds is 14. The van der Waals surface area contributed by atoms with E-state index >= 15 is 0 Å². The molecule has 0 saturated carbocycles. The van der Waals surface area contributed by atoms with Crippen LogP contribution in [0.4, 0.5) is 5.69 Å². The largest absolute Gasteiger partial charge is 0.395 e. The van der Waals surface area contributed by atoms with Gasteiger partial charge in [0, 0.05) is 36.3 Å². The van der Waals surface area contributed by atoms with Gasteiger partial charge in [0.05, 0.1) is 43.3 Å². The predicted molar refractivity (Wildman–Crippen MR) is 183 cm³/mol. The van der Waals surface area contributed by atoms with Crippen LogP contribution in [0.3, 0.4) is 0 Å². The van der Waals surface area contributed by atoms with Gasteiger partial charge in [0.25, 0.3) is 17.7 Å². The molecule has 2 rings (SSSR count). The van der Waals surface area contributed by atoms with Crippen molar-refractivity contribution in [2.75, 3.05) is 51.3 Å². The fraction of sp³-hybridized carbons (Fsp3) is 0.560. The van der Waals surface area contributed by atoms with Crippen molar-refractivity contribution in [2.24, 2.45) is 16.5 Å². The molecule has 0 bridgehead atoms. The number of aliphatic hydroxyl groups is 4. The Morgan fingerprint density at radius 1 is 1.07 bits per heavy atom. The van der Waals surface area contributed by atoms with E-state index in [-0.39, 0.29) is 79.3 Å². The van der Waals surface area contributed by atoms with Crippen molar-refractivity contribution in [2.45, 2.75) is 44.4 Å². The van der Waals surface area contributed by atoms with Crippen LogP contribution in [0.15, 0.2) is 4.99 Å². The molecule has 1 fully saturated rings. The van der Waals surface area contributed by atoms with Crippen molar-refractivity contribution in [3.63, 3.8) is 0 Å². The number of carbonyl (C=O) groups excluding carboxylic acids is 4. The number of carbonyl (C=O) groups is 4. The van der Waals surface area contributed by atoms with Crippen LogP contribution in [0, 0.1) is 10.7 Å². The van der Waals surface area contributed by atoms with Crippen molar-refractivity contribution in [3.05, 3.63) is 21.8 Å². The molecule has 1 heterocycles. The molecule has 1 saturated heterocycles. The normalized spacial score (nSPS) is 15.9. The molecular formula is C25H36I3N7O8. The maximum atomic E-state index is 13.9. The highest BCUT2D eigenvalue weighted by Gasteiger charge is 2.34. The molecule has 10 N–H and O–H groups in total. The minimum Gasteiger partial charge on any atom is -0.395 e. The average Bonchev–Trinajstić information content (AvgIpc) is 3.37. The number of nitrogens with two attached hydrogens (primary N) is 2. The molecule has 0 spiro atoms. The Kier molecular flexibility index (Phi) is 15.5. The number of hydrogen-bond donors (Lipinski definition) is 8. The summed E-state index contributed by atoms with van der Waals surface area (Å²) in [4.78, 5) is 60.1. The number of anilines is 1. The lowest BCUT2D eigenvalue weighted by atomic mass is 10.0. The standard InChI is InChI=1S/C25H36I3N7O8/c1-12(38)21(40)33-20-18(27)15(17(26)16(19(20)28)24(43)34(7-9-36)8-10-37)22(41)32-14(3-2-5-31-25(29)30)23(42)35-6-4-13(39)11-35/h12-14,36-39H,2-11H2,1H3,(H,32,41)(H,33,40)(H4,29,30,31). The van der Waals surface area contributed by atoms with Gasteiger partial charge in [0.1, 0.15) is 12.1 Å². The third-order valence-electron chi connectivity index (χ3n) is 6.44. The summed E-state index contributed by atoms with van der Waals surface area (Å²) in [6.07, 6.45) is -1.14. The number of β-amino-alcohol motifs (C(OH)–C–C–N with tert-alkyl or cyclic N) is 1. The fourth-order valence-electron chi connectivity index (χ4n) is 4.26. The maximum Gasteiger partial charge on any atom is 0.256 e. The number of halogens is 3. The van der Waals surface area contributed by atoms with Crippen molar-refractivity contribution < 1.29 is 39.6 Å². The second-order valence-electron chi connectivity index (χ2n) is 9.67. The first-order valence-corrected chi connectivity index (χ1v) is 16.5. The third kappa shape index (κ3) is 10.2. The molecule has 1 aliphatic heterocycles. The molecular weight excluding hydrogens is 907 g/mol. The third-order valence-corrected chi connectivity index (χ3v) is 9.67. The van der Waals surface area contributed by atoms with Gasteiger partial charge in [-0.15, -0.1) is 0 Å². The number of amides is 4. The highest BCUT2D eigenvalue weighted by Crippen LogP contribution is 2.36. The van der Waals surface area contributed by atoms with Gasteiger partial charge in [-0.2, -0.15) is 0 Å². The van der Waals surface area contributed by atoms with E-state index in [1.54, 1.807) is 0 Å². The van der Waals surface area contributed by atoms with E-state index in [1.807, 2.05) is 67.8 Å². The molecule has 3 atom stereocenters. The van der Waals surface area contributed by atoms with Crippen LogP contribution in [-0.2, 0) is 9.59 Å². The van der Waals surface area contributed by atoms with E-state index in [2.05, 4.69) is 15.6 Å². The topological polar surface area (TPSA) is 244 Å². The van der Waals surface area contributed by atoms with Gasteiger partial charge >= 0.3 is 0 Å². The fourth-order valence-corrected chi connectivity index (χ4v) is 8.64. The summed E-state index contributed by atoms with van der Waals surface area (Å²) in [5, 5.41) is 44.1. The number of likely N-dealkylation sites (tertiary alicyclic amines) is 1. The molecule has 1 aromatic carbocycles. The Balaban J connectivity index is 2.61. The number of aliphatic hydroxyl groups excluding tert-OH is 4. The minimum atomic E-state index is -1.40. The molecule has 43 heavy (non-hydrogen) atoms. The molecule has 0 radical (unpaired) electrons. The predicted octanol–water partition coefficient (Wildman–Crippen LogP) is -1.01. The summed E-state index contributed by atoms with van der Waals surface area (Å²) in [7, 11) is 0. The van der Waals surface area contributed by atoms with Gasteiger partial charge in [-0.3, -0.25) is 24.2 Å². The SMILES string of the molecule is CC(O)C(=O)Nc1c(I)c(C(=O)NC(CCCN=C(N)N)C(=O)N2CCC(O)C2)c(I)c(C(=O)N(CCO)CCO)c1I. The van der Waals surface area contributed by atoms with E-state index in [9.17, 15) is 39.6 Å². The Morgan fingerprint density at radius 2 is 1.67 bits per heavy atom. The number of hydrogen-bond acceptors (Lipinski definition) is 9. The quantitative estimate of drug-likeness (QED) is 0.0490. The summed E-state index contributed by atoms with van der Waals surface area (Å²) in [6.45, 7) is 0.970. The lowest BCUT2D eigenvalue weighted by Gasteiger charge is -2.27. The van der Waals surface area contributed by atoms with Gasteiger partial charge in [-0.1, -0.05) is 0 Å². The van der Waals surface area contributed by atoms with E-state index in [1.165, 1.54) is 16.7 Å². The summed E-state index contributed by atoms with van der Waals surface area (Å²) < 4.78 is 0.750. The Labute approximate surface area is 289 Å². The van der Waals surface area contributed by atoms with Crippen molar-refractivity contribution in [3.8, 4) is 0 Å². The summed E-state index contributed by atoms with van der Waals surface area (Å²) >= 11 is 5.56. The van der Waals surface area contributed by atoms with Crippen molar-refractivity contribution in [1.29, 1.82) is 0 Å². The second kappa shape index (κ2) is 17.8. The van der Waals surface area contributed by atoms with Crippen LogP contribution in [-0.4, -0.2) is 124 Å². The Morgan fingerprint density at radius 3 is 2.19 bits per heavy atom. The molecule has 0 aromatic heterocycles. The summed E-state index contributed by atoms with van der Waals surface area (Å²) in [5.41, 5.74) is 10.9. The second-order valence-corrected chi connectivity index (χ2v) is 12.9. The van der Waals surface area contributed by atoms with E-state index in [0.29, 0.717) is 19.4 Å². The smallest absolute Gasteiger partial charge is 0.256 e. The molecule has 3 unspecified atom stereocenters. The van der Waals surface area contributed by atoms with Gasteiger partial charge in [-0.25, -0.2) is 0 Å². The number of nitrogens with zero attached hydrogens (tertiary/aromatic N) is 3. The van der Waals surface area contributed by atoms with Crippen molar-refractivity contribution in [1.82, 2.24) is 15.1 Å². The highest BCUT2D eigenvalue weighted by molar-refractivity contribution is 14.1. The lowest BCUT2D eigenvalue weighted by Crippen LogP contribution is -2.48. The van der Waals surface area contributed by atoms with E-state index in [4.69, 9.17) is 11.5 Å². The number of aliphatic imine (C=N–C) groups is 1. The summed E-state index contributed by atoms with van der Waals surface area (Å²) in [6, 6.07) is -1.02. The van der Waals surface area contributed by atoms with Crippen LogP contribution in [0.2, 0.25) is 0 Å². The lowest BCUT2D eigenvalue weighted by molar-refractivity contribution is -0.132. The first-order chi connectivity index (χ1) is 20.2. The first-order valence-electron chi connectivity index (χ1n) is 13.3. The molecule has 240 valence electrons. The number of nitrogens with one attached hydrogen (secondary N) is 2.